The molecule has 1 aromatic carbocycles. The molecule has 0 spiro atoms. The van der Waals surface area contributed by atoms with Crippen molar-refractivity contribution in [2.45, 2.75) is 6.42 Å². The number of hydrogen-bond donors (Lipinski definition) is 2. The molecule has 3 N–H and O–H groups in total. The van der Waals surface area contributed by atoms with Gasteiger partial charge in [0.05, 0.1) is 17.9 Å². The summed E-state index contributed by atoms with van der Waals surface area (Å²) < 4.78 is 34.4. The number of nitrogens with one attached hydrogen (secondary N) is 1. The number of H-pyrrole nitrogens is 1. The molecular formula is C26H20F2N5O2+. The minimum atomic E-state index is -1.08. The molecule has 0 saturated carbocycles. The van der Waals surface area contributed by atoms with Gasteiger partial charge in [0.1, 0.15) is 23.7 Å². The van der Waals surface area contributed by atoms with Crippen molar-refractivity contribution in [3.05, 3.63) is 96.2 Å². The van der Waals surface area contributed by atoms with E-state index in [2.05, 4.69) is 21.0 Å². The van der Waals surface area contributed by atoms with Gasteiger partial charge in [-0.25, -0.2) is 18.7 Å². The van der Waals surface area contributed by atoms with Gasteiger partial charge in [-0.05, 0) is 24.3 Å². The Bertz CT molecular complexity index is 1450. The molecule has 174 valence electrons. The van der Waals surface area contributed by atoms with E-state index in [1.807, 2.05) is 29.4 Å². The van der Waals surface area contributed by atoms with Gasteiger partial charge in [0.2, 0.25) is 11.7 Å². The third-order valence-electron chi connectivity index (χ3n) is 5.61. The van der Waals surface area contributed by atoms with E-state index in [1.165, 1.54) is 6.20 Å². The Morgan fingerprint density at radius 3 is 2.77 bits per heavy atom. The Kier molecular flexibility index (Phi) is 5.91. The molecule has 0 atom stereocenters. The van der Waals surface area contributed by atoms with Gasteiger partial charge in [-0.1, -0.05) is 0 Å². The van der Waals surface area contributed by atoms with E-state index < -0.39 is 23.0 Å². The highest BCUT2D eigenvalue weighted by Crippen LogP contribution is 2.29. The van der Waals surface area contributed by atoms with Crippen LogP contribution in [0.4, 0.5) is 14.5 Å². The molecule has 0 fully saturated rings. The number of ether oxygens (including phenoxy) is 1. The van der Waals surface area contributed by atoms with Crippen molar-refractivity contribution in [1.29, 1.82) is 0 Å². The van der Waals surface area contributed by atoms with Gasteiger partial charge >= 0.3 is 0 Å². The maximum atomic E-state index is 14.4. The van der Waals surface area contributed by atoms with E-state index >= 15 is 0 Å². The number of nitrogens with zero attached hydrogens (tertiary/aromatic N) is 3. The molecule has 4 aromatic rings. The molecule has 1 aliphatic heterocycles. The van der Waals surface area contributed by atoms with Crippen molar-refractivity contribution in [3.8, 4) is 17.0 Å². The summed E-state index contributed by atoms with van der Waals surface area (Å²) in [6.45, 7) is 1.35. The molecular weight excluding hydrogens is 452 g/mol. The lowest BCUT2D eigenvalue weighted by Gasteiger charge is -2.08. The van der Waals surface area contributed by atoms with Gasteiger partial charge in [0, 0.05) is 59.7 Å². The second-order valence-corrected chi connectivity index (χ2v) is 7.91. The highest BCUT2D eigenvalue weighted by Gasteiger charge is 2.24. The number of hydrogen-bond acceptors (Lipinski definition) is 6. The molecule has 0 unspecified atom stereocenters. The van der Waals surface area contributed by atoms with Crippen LogP contribution in [0, 0.1) is 17.7 Å². The fourth-order valence-electron chi connectivity index (χ4n) is 3.78. The number of nitrogen functional groups attached to an aromatic ring is 1. The summed E-state index contributed by atoms with van der Waals surface area (Å²) in [5, 5.41) is 0.427. The molecule has 0 bridgehead atoms. The Morgan fingerprint density at radius 1 is 1.14 bits per heavy atom. The minimum absolute atomic E-state index is 0.0888. The lowest BCUT2D eigenvalue weighted by atomic mass is 10.00. The van der Waals surface area contributed by atoms with Gasteiger partial charge < -0.3 is 15.5 Å². The van der Waals surface area contributed by atoms with Gasteiger partial charge in [-0.15, -0.1) is 0 Å². The van der Waals surface area contributed by atoms with Crippen LogP contribution in [0.15, 0.2) is 67.4 Å². The van der Waals surface area contributed by atoms with Gasteiger partial charge in [0.15, 0.2) is 18.1 Å². The average molecular weight is 472 g/mol. The van der Waals surface area contributed by atoms with Crippen molar-refractivity contribution in [3.63, 3.8) is 0 Å². The number of halogens is 2. The summed E-state index contributed by atoms with van der Waals surface area (Å²) in [5.41, 5.74) is 6.46. The summed E-state index contributed by atoms with van der Waals surface area (Å²) in [5.74, 6) is -2.39. The van der Waals surface area contributed by atoms with E-state index in [-0.39, 0.29) is 11.3 Å². The molecule has 4 heterocycles. The van der Waals surface area contributed by atoms with Crippen LogP contribution in [0.5, 0.6) is 5.88 Å². The van der Waals surface area contributed by atoms with E-state index in [0.29, 0.717) is 29.1 Å². The fraction of sp³-hybridized carbons (Fsp3) is 0.115. The van der Waals surface area contributed by atoms with Gasteiger partial charge in [0.25, 0.3) is 0 Å². The lowest BCUT2D eigenvalue weighted by molar-refractivity contribution is 0.103. The number of pyridine rings is 2. The number of fused-ring (bicyclic) bond motifs is 1. The molecule has 35 heavy (non-hydrogen) atoms. The molecule has 0 aliphatic carbocycles. The SMILES string of the molecule is Nc1ccc(F)c(C(=O)c2c[nH]c3ncc(-c4ccc(OCCCN5C=[C+]C=C5)nc4)cc23)c1F. The first kappa shape index (κ1) is 22.2. The zero-order chi connectivity index (χ0) is 24.4. The van der Waals surface area contributed by atoms with Crippen molar-refractivity contribution in [1.82, 2.24) is 19.9 Å². The fourth-order valence-corrected chi connectivity index (χ4v) is 3.78. The third kappa shape index (κ3) is 4.45. The second kappa shape index (κ2) is 9.32. The minimum Gasteiger partial charge on any atom is -0.478 e. The smallest absolute Gasteiger partial charge is 0.213 e. The van der Waals surface area contributed by atoms with E-state index in [9.17, 15) is 13.6 Å². The highest BCUT2D eigenvalue weighted by atomic mass is 19.1. The molecule has 0 amide bonds. The summed E-state index contributed by atoms with van der Waals surface area (Å²) >= 11 is 0. The van der Waals surface area contributed by atoms with E-state index in [4.69, 9.17) is 10.5 Å². The van der Waals surface area contributed by atoms with Crippen LogP contribution in [0.1, 0.15) is 22.3 Å². The molecule has 3 aromatic heterocycles. The molecule has 1 aliphatic rings. The summed E-state index contributed by atoms with van der Waals surface area (Å²) in [7, 11) is 0. The quantitative estimate of drug-likeness (QED) is 0.168. The van der Waals surface area contributed by atoms with Crippen LogP contribution in [0.2, 0.25) is 0 Å². The van der Waals surface area contributed by atoms with Crippen LogP contribution < -0.4 is 10.5 Å². The Hall–Kier alpha value is -4.62. The number of nitrogens with two attached hydrogens (primary N) is 1. The molecule has 0 saturated heterocycles. The Morgan fingerprint density at radius 2 is 2.00 bits per heavy atom. The summed E-state index contributed by atoms with van der Waals surface area (Å²) in [6, 6.07) is 7.36. The number of carbonyl (C=O) groups is 1. The molecule has 9 heteroatoms. The number of anilines is 1. The lowest BCUT2D eigenvalue weighted by Crippen LogP contribution is -2.12. The molecule has 5 rings (SSSR count). The second-order valence-electron chi connectivity index (χ2n) is 7.91. The largest absolute Gasteiger partial charge is 0.478 e. The summed E-state index contributed by atoms with van der Waals surface area (Å²) in [6.07, 6.45) is 14.1. The zero-order valence-electron chi connectivity index (χ0n) is 18.5. The van der Waals surface area contributed by atoms with Crippen LogP contribution in [-0.4, -0.2) is 38.8 Å². The monoisotopic (exact) mass is 472 g/mol. The first-order valence-corrected chi connectivity index (χ1v) is 10.9. The predicted molar refractivity (Wildman–Crippen MR) is 127 cm³/mol. The number of rotatable bonds is 8. The van der Waals surface area contributed by atoms with Crippen molar-refractivity contribution >= 4 is 22.5 Å². The maximum absolute atomic E-state index is 14.4. The zero-order valence-corrected chi connectivity index (χ0v) is 18.5. The van der Waals surface area contributed by atoms with Crippen molar-refractivity contribution < 1.29 is 18.3 Å². The number of allylic oxidation sites excluding steroid dienone is 2. The maximum Gasteiger partial charge on any atom is 0.213 e. The van der Waals surface area contributed by atoms with Crippen molar-refractivity contribution in [2.24, 2.45) is 0 Å². The van der Waals surface area contributed by atoms with Crippen molar-refractivity contribution in [2.75, 3.05) is 18.9 Å². The summed E-state index contributed by atoms with van der Waals surface area (Å²) in [4.78, 5) is 26.6. The average Bonchev–Trinajstić information content (AvgIpc) is 3.54. The van der Waals surface area contributed by atoms with Crippen LogP contribution >= 0.6 is 0 Å². The van der Waals surface area contributed by atoms with Crippen LogP contribution in [0.25, 0.3) is 22.2 Å². The third-order valence-corrected chi connectivity index (χ3v) is 5.61. The highest BCUT2D eigenvalue weighted by molar-refractivity contribution is 6.16. The Balaban J connectivity index is 1.34. The normalized spacial score (nSPS) is 12.3. The predicted octanol–water partition coefficient (Wildman–Crippen LogP) is 4.63. The van der Waals surface area contributed by atoms with Gasteiger partial charge in [-0.2, -0.15) is 0 Å². The first-order chi connectivity index (χ1) is 17.0. The standard InChI is InChI=1S/C26H19F2N5O2/c27-20-5-6-21(29)24(28)23(20)25(34)19-15-32-26-18(19)12-17(14-31-26)16-4-7-22(30-13-16)35-11-3-10-33-8-1-2-9-33/h1,4-9,12-15H,3,10-11,29H2/p+1. The molecule has 7 nitrogen and oxygen atoms in total. The number of ketones is 1. The topological polar surface area (TPSA) is 97.1 Å². The number of aromatic amines is 1. The van der Waals surface area contributed by atoms with E-state index in [0.717, 1.165) is 30.7 Å². The Labute approximate surface area is 199 Å². The number of benzene rings is 1. The first-order valence-electron chi connectivity index (χ1n) is 10.9. The van der Waals surface area contributed by atoms with E-state index in [1.54, 1.807) is 24.5 Å². The van der Waals surface area contributed by atoms with Crippen LogP contribution in [0.3, 0.4) is 0 Å². The molecule has 0 radical (unpaired) electrons. The van der Waals surface area contributed by atoms with Crippen LogP contribution in [-0.2, 0) is 0 Å². The van der Waals surface area contributed by atoms with Gasteiger partial charge in [-0.3, -0.25) is 9.69 Å². The number of carbonyl (C=O) groups excluding carboxylic acids is 1. The number of aromatic nitrogens is 3.